The van der Waals surface area contributed by atoms with Gasteiger partial charge >= 0.3 is 0 Å². The maximum Gasteiger partial charge on any atom is 0.271 e. The van der Waals surface area contributed by atoms with E-state index in [1.54, 1.807) is 12.1 Å². The van der Waals surface area contributed by atoms with Crippen LogP contribution in [0.3, 0.4) is 0 Å². The third kappa shape index (κ3) is 4.24. The molecule has 0 aliphatic carbocycles. The zero-order valence-electron chi connectivity index (χ0n) is 11.4. The van der Waals surface area contributed by atoms with E-state index in [2.05, 4.69) is 15.6 Å². The summed E-state index contributed by atoms with van der Waals surface area (Å²) in [7, 11) is 1.46. The molecular formula is C14H17N3O3. The van der Waals surface area contributed by atoms with Crippen LogP contribution in [-0.2, 0) is 16.0 Å². The number of phenols is 1. The molecule has 0 spiro atoms. The van der Waals surface area contributed by atoms with Crippen LogP contribution in [0.15, 0.2) is 35.1 Å². The van der Waals surface area contributed by atoms with E-state index in [9.17, 15) is 14.7 Å². The number of aliphatic imine (C=N–C) groups is 1. The summed E-state index contributed by atoms with van der Waals surface area (Å²) in [6.45, 7) is 2.00. The fourth-order valence-electron chi connectivity index (χ4n) is 1.47. The SMILES string of the molecule is CCc1ccc(O)c(/C=N/C(=C/NC=O)C(=O)NC)c1. The van der Waals surface area contributed by atoms with Crippen LogP contribution in [0.2, 0.25) is 0 Å². The first-order valence-electron chi connectivity index (χ1n) is 6.10. The highest BCUT2D eigenvalue weighted by atomic mass is 16.3. The number of amides is 2. The molecule has 0 aliphatic heterocycles. The summed E-state index contributed by atoms with van der Waals surface area (Å²) in [6.07, 6.45) is 3.82. The first-order chi connectivity index (χ1) is 9.62. The fraction of sp³-hybridized carbons (Fsp3) is 0.214. The number of hydrogen-bond donors (Lipinski definition) is 3. The molecule has 2 amide bonds. The number of hydrogen-bond acceptors (Lipinski definition) is 4. The van der Waals surface area contributed by atoms with Crippen LogP contribution in [0.4, 0.5) is 0 Å². The van der Waals surface area contributed by atoms with Gasteiger partial charge in [0, 0.05) is 25.0 Å². The first kappa shape index (κ1) is 15.4. The van der Waals surface area contributed by atoms with E-state index in [-0.39, 0.29) is 11.4 Å². The lowest BCUT2D eigenvalue weighted by Gasteiger charge is -2.03. The van der Waals surface area contributed by atoms with Gasteiger partial charge in [0.15, 0.2) is 0 Å². The highest BCUT2D eigenvalue weighted by Crippen LogP contribution is 2.17. The van der Waals surface area contributed by atoms with Gasteiger partial charge in [0.2, 0.25) is 6.41 Å². The summed E-state index contributed by atoms with van der Waals surface area (Å²) in [5.74, 6) is -0.368. The molecule has 1 aromatic carbocycles. The van der Waals surface area contributed by atoms with Gasteiger partial charge in [0.25, 0.3) is 5.91 Å². The van der Waals surface area contributed by atoms with Crippen molar-refractivity contribution in [2.75, 3.05) is 7.05 Å². The predicted molar refractivity (Wildman–Crippen MR) is 76.4 cm³/mol. The van der Waals surface area contributed by atoms with E-state index in [1.807, 2.05) is 13.0 Å². The number of phenolic OH excluding ortho intramolecular Hbond substituents is 1. The van der Waals surface area contributed by atoms with Crippen LogP contribution >= 0.6 is 0 Å². The molecule has 0 aliphatic rings. The Hall–Kier alpha value is -2.63. The fourth-order valence-corrected chi connectivity index (χ4v) is 1.47. The second kappa shape index (κ2) is 7.73. The van der Waals surface area contributed by atoms with Crippen molar-refractivity contribution in [2.45, 2.75) is 13.3 Å². The van der Waals surface area contributed by atoms with Crippen molar-refractivity contribution < 1.29 is 14.7 Å². The Morgan fingerprint density at radius 2 is 2.20 bits per heavy atom. The molecule has 0 saturated heterocycles. The lowest BCUT2D eigenvalue weighted by molar-refractivity contribution is -0.117. The molecule has 0 atom stereocenters. The van der Waals surface area contributed by atoms with Gasteiger partial charge in [-0.1, -0.05) is 13.0 Å². The second-order valence-electron chi connectivity index (χ2n) is 3.90. The van der Waals surface area contributed by atoms with Gasteiger partial charge < -0.3 is 15.7 Å². The summed E-state index contributed by atoms with van der Waals surface area (Å²) in [5, 5.41) is 14.4. The van der Waals surface area contributed by atoms with E-state index in [1.165, 1.54) is 19.5 Å². The van der Waals surface area contributed by atoms with Gasteiger partial charge in [-0.05, 0) is 24.1 Å². The molecule has 106 valence electrons. The van der Waals surface area contributed by atoms with Gasteiger partial charge in [-0.2, -0.15) is 0 Å². The van der Waals surface area contributed by atoms with E-state index in [4.69, 9.17) is 0 Å². The van der Waals surface area contributed by atoms with Crippen LogP contribution in [0.5, 0.6) is 5.75 Å². The minimum absolute atomic E-state index is 0.0286. The number of rotatable bonds is 6. The lowest BCUT2D eigenvalue weighted by atomic mass is 10.1. The van der Waals surface area contributed by atoms with Gasteiger partial charge in [-0.15, -0.1) is 0 Å². The number of likely N-dealkylation sites (N-methyl/N-ethyl adjacent to an activating group) is 1. The molecule has 20 heavy (non-hydrogen) atoms. The molecule has 0 fully saturated rings. The van der Waals surface area contributed by atoms with Crippen LogP contribution in [0.25, 0.3) is 0 Å². The topological polar surface area (TPSA) is 90.8 Å². The molecule has 0 radical (unpaired) electrons. The van der Waals surface area contributed by atoms with Crippen molar-refractivity contribution in [1.82, 2.24) is 10.6 Å². The van der Waals surface area contributed by atoms with Gasteiger partial charge in [-0.25, -0.2) is 4.99 Å². The standard InChI is InChI=1S/C14H17N3O3/c1-3-10-4-5-13(19)11(6-10)7-17-12(8-16-9-18)14(20)15-2/h4-9,19H,3H2,1-2H3,(H,15,20)(H,16,18)/b12-8+,17-7+. The summed E-state index contributed by atoms with van der Waals surface area (Å²) < 4.78 is 0. The van der Waals surface area contributed by atoms with Crippen molar-refractivity contribution >= 4 is 18.5 Å². The number of carbonyl (C=O) groups excluding carboxylic acids is 2. The third-order valence-corrected chi connectivity index (χ3v) is 2.59. The zero-order chi connectivity index (χ0) is 15.0. The minimum Gasteiger partial charge on any atom is -0.507 e. The van der Waals surface area contributed by atoms with Crippen molar-refractivity contribution in [3.8, 4) is 5.75 Å². The zero-order valence-corrected chi connectivity index (χ0v) is 11.4. The minimum atomic E-state index is -0.443. The number of aromatic hydroxyl groups is 1. The van der Waals surface area contributed by atoms with Gasteiger partial charge in [0.05, 0.1) is 0 Å². The molecule has 3 N–H and O–H groups in total. The van der Waals surface area contributed by atoms with E-state index in [0.29, 0.717) is 12.0 Å². The average Bonchev–Trinajstić information content (AvgIpc) is 2.48. The quantitative estimate of drug-likeness (QED) is 0.405. The Morgan fingerprint density at radius 1 is 1.45 bits per heavy atom. The number of nitrogens with zero attached hydrogens (tertiary/aromatic N) is 1. The highest BCUT2D eigenvalue weighted by molar-refractivity contribution is 5.96. The van der Waals surface area contributed by atoms with E-state index in [0.717, 1.165) is 12.0 Å². The van der Waals surface area contributed by atoms with Gasteiger partial charge in [-0.3, -0.25) is 9.59 Å². The van der Waals surface area contributed by atoms with Crippen molar-refractivity contribution in [2.24, 2.45) is 4.99 Å². The van der Waals surface area contributed by atoms with E-state index >= 15 is 0 Å². The predicted octanol–water partition coefficient (Wildman–Crippen LogP) is 0.707. The van der Waals surface area contributed by atoms with Crippen molar-refractivity contribution in [1.29, 1.82) is 0 Å². The highest BCUT2D eigenvalue weighted by Gasteiger charge is 2.06. The second-order valence-corrected chi connectivity index (χ2v) is 3.90. The molecule has 6 heteroatoms. The Bertz CT molecular complexity index is 551. The first-order valence-corrected chi connectivity index (χ1v) is 6.10. The van der Waals surface area contributed by atoms with Crippen LogP contribution in [-0.4, -0.2) is 30.7 Å². The normalized spacial score (nSPS) is 11.4. The smallest absolute Gasteiger partial charge is 0.271 e. The van der Waals surface area contributed by atoms with Crippen LogP contribution in [0.1, 0.15) is 18.1 Å². The Kier molecular flexibility index (Phi) is 5.96. The number of aryl methyl sites for hydroxylation is 1. The molecule has 0 aromatic heterocycles. The molecule has 0 bridgehead atoms. The number of nitrogens with one attached hydrogen (secondary N) is 2. The van der Waals surface area contributed by atoms with Crippen LogP contribution in [0, 0.1) is 0 Å². The summed E-state index contributed by atoms with van der Waals surface area (Å²) in [6, 6.07) is 5.18. The maximum atomic E-state index is 11.5. The largest absolute Gasteiger partial charge is 0.507 e. The Labute approximate surface area is 117 Å². The van der Waals surface area contributed by atoms with E-state index < -0.39 is 5.91 Å². The molecule has 0 heterocycles. The summed E-state index contributed by atoms with van der Waals surface area (Å²) in [4.78, 5) is 25.8. The molecule has 0 saturated carbocycles. The molecule has 1 rings (SSSR count). The molecule has 6 nitrogen and oxygen atoms in total. The summed E-state index contributed by atoms with van der Waals surface area (Å²) in [5.41, 5.74) is 1.58. The number of benzene rings is 1. The van der Waals surface area contributed by atoms with Crippen LogP contribution < -0.4 is 10.6 Å². The average molecular weight is 275 g/mol. The molecular weight excluding hydrogens is 258 g/mol. The monoisotopic (exact) mass is 275 g/mol. The molecule has 1 aromatic rings. The Morgan fingerprint density at radius 3 is 2.80 bits per heavy atom. The van der Waals surface area contributed by atoms with Crippen molar-refractivity contribution in [3.05, 3.63) is 41.2 Å². The van der Waals surface area contributed by atoms with Gasteiger partial charge in [0.1, 0.15) is 11.4 Å². The number of carbonyl (C=O) groups is 2. The third-order valence-electron chi connectivity index (χ3n) is 2.59. The molecule has 0 unspecified atom stereocenters. The maximum absolute atomic E-state index is 11.5. The lowest BCUT2D eigenvalue weighted by Crippen LogP contribution is -2.21. The summed E-state index contributed by atoms with van der Waals surface area (Å²) >= 11 is 0. The van der Waals surface area contributed by atoms with Crippen molar-refractivity contribution in [3.63, 3.8) is 0 Å². The Balaban J connectivity index is 3.03.